The lowest BCUT2D eigenvalue weighted by atomic mass is 10.1. The molecule has 0 bridgehead atoms. The average Bonchev–Trinajstić information content (AvgIpc) is 2.75. The van der Waals surface area contributed by atoms with Crippen molar-refractivity contribution < 1.29 is 19.1 Å². The summed E-state index contributed by atoms with van der Waals surface area (Å²) in [7, 11) is 0. The van der Waals surface area contributed by atoms with E-state index >= 15 is 0 Å². The normalized spacial score (nSPS) is 10.4. The summed E-state index contributed by atoms with van der Waals surface area (Å²) >= 11 is 6.01. The fourth-order valence-electron chi connectivity index (χ4n) is 2.67. The van der Waals surface area contributed by atoms with Crippen molar-refractivity contribution in [3.63, 3.8) is 0 Å². The van der Waals surface area contributed by atoms with Crippen molar-refractivity contribution in [3.05, 3.63) is 82.9 Å². The average molecular weight is 411 g/mol. The van der Waals surface area contributed by atoms with Crippen molar-refractivity contribution in [3.8, 4) is 0 Å². The number of hydrogen-bond donors (Lipinski definition) is 2. The van der Waals surface area contributed by atoms with E-state index in [4.69, 9.17) is 16.3 Å². The Kier molecular flexibility index (Phi) is 6.81. The molecule has 0 fully saturated rings. The SMILES string of the molecule is O=C(COC(=O)CNC(=O)c1ccc2ccccc2c1)NCc1ccccc1Cl. The molecule has 0 radical (unpaired) electrons. The predicted molar refractivity (Wildman–Crippen MR) is 111 cm³/mol. The Balaban J connectivity index is 1.41. The highest BCUT2D eigenvalue weighted by molar-refractivity contribution is 6.31. The summed E-state index contributed by atoms with van der Waals surface area (Å²) in [5.41, 5.74) is 1.20. The Morgan fingerprint density at radius 3 is 2.38 bits per heavy atom. The van der Waals surface area contributed by atoms with Crippen LogP contribution in [0.25, 0.3) is 10.8 Å². The number of hydrogen-bond acceptors (Lipinski definition) is 4. The summed E-state index contributed by atoms with van der Waals surface area (Å²) in [4.78, 5) is 35.8. The van der Waals surface area contributed by atoms with E-state index in [1.165, 1.54) is 0 Å². The first-order valence-electron chi connectivity index (χ1n) is 8.95. The molecule has 3 aromatic rings. The van der Waals surface area contributed by atoms with Gasteiger partial charge in [-0.1, -0.05) is 60.1 Å². The molecule has 0 atom stereocenters. The van der Waals surface area contributed by atoms with E-state index in [1.54, 1.807) is 30.3 Å². The third kappa shape index (κ3) is 5.80. The Labute approximate surface area is 172 Å². The Morgan fingerprint density at radius 1 is 0.862 bits per heavy atom. The second-order valence-electron chi connectivity index (χ2n) is 6.27. The van der Waals surface area contributed by atoms with Crippen molar-refractivity contribution in [2.45, 2.75) is 6.54 Å². The third-order valence-electron chi connectivity index (χ3n) is 4.20. The molecular weight excluding hydrogens is 392 g/mol. The van der Waals surface area contributed by atoms with E-state index in [0.717, 1.165) is 16.3 Å². The maximum atomic E-state index is 12.2. The van der Waals surface area contributed by atoms with E-state index in [-0.39, 0.29) is 13.1 Å². The molecule has 0 heterocycles. The molecule has 3 rings (SSSR count). The van der Waals surface area contributed by atoms with Gasteiger partial charge in [0.1, 0.15) is 6.54 Å². The fraction of sp³-hybridized carbons (Fsp3) is 0.136. The summed E-state index contributed by atoms with van der Waals surface area (Å²) in [5.74, 6) is -1.55. The van der Waals surface area contributed by atoms with Crippen LogP contribution in [0.3, 0.4) is 0 Å². The quantitative estimate of drug-likeness (QED) is 0.586. The first kappa shape index (κ1) is 20.4. The zero-order valence-corrected chi connectivity index (χ0v) is 16.2. The largest absolute Gasteiger partial charge is 0.454 e. The van der Waals surface area contributed by atoms with Crippen molar-refractivity contribution in [2.24, 2.45) is 0 Å². The predicted octanol–water partition coefficient (Wildman–Crippen LogP) is 3.08. The molecule has 0 aliphatic rings. The summed E-state index contributed by atoms with van der Waals surface area (Å²) < 4.78 is 4.88. The Hall–Kier alpha value is -3.38. The number of carbonyl (C=O) groups excluding carboxylic acids is 3. The lowest BCUT2D eigenvalue weighted by Gasteiger charge is -2.09. The van der Waals surface area contributed by atoms with Gasteiger partial charge in [-0.05, 0) is 34.5 Å². The monoisotopic (exact) mass is 410 g/mol. The molecule has 6 nitrogen and oxygen atoms in total. The number of fused-ring (bicyclic) bond motifs is 1. The third-order valence-corrected chi connectivity index (χ3v) is 4.57. The number of carbonyl (C=O) groups is 3. The van der Waals surface area contributed by atoms with Crippen LogP contribution in [-0.2, 0) is 20.9 Å². The van der Waals surface area contributed by atoms with Crippen LogP contribution in [-0.4, -0.2) is 30.9 Å². The number of halogens is 1. The van der Waals surface area contributed by atoms with Gasteiger partial charge in [-0.3, -0.25) is 14.4 Å². The number of amides is 2. The van der Waals surface area contributed by atoms with Crippen LogP contribution in [0, 0.1) is 0 Å². The molecule has 0 aliphatic carbocycles. The van der Waals surface area contributed by atoms with Crippen LogP contribution in [0.15, 0.2) is 66.7 Å². The second-order valence-corrected chi connectivity index (χ2v) is 6.68. The number of nitrogens with one attached hydrogen (secondary N) is 2. The smallest absolute Gasteiger partial charge is 0.325 e. The van der Waals surface area contributed by atoms with Gasteiger partial charge >= 0.3 is 5.97 Å². The Bertz CT molecular complexity index is 1050. The molecular formula is C22H19ClN2O4. The Morgan fingerprint density at radius 2 is 1.59 bits per heavy atom. The minimum absolute atomic E-state index is 0.231. The molecule has 2 amide bonds. The molecule has 0 aliphatic heterocycles. The maximum absolute atomic E-state index is 12.2. The zero-order valence-electron chi connectivity index (χ0n) is 15.5. The standard InChI is InChI=1S/C22H19ClN2O4/c23-19-8-4-3-7-18(19)12-24-20(26)14-29-21(27)13-25-22(28)17-10-9-15-5-1-2-6-16(15)11-17/h1-11H,12-14H2,(H,24,26)(H,25,28). The fourth-order valence-corrected chi connectivity index (χ4v) is 2.87. The van der Waals surface area contributed by atoms with Crippen LogP contribution in [0.2, 0.25) is 5.02 Å². The number of rotatable bonds is 7. The maximum Gasteiger partial charge on any atom is 0.325 e. The van der Waals surface area contributed by atoms with Crippen molar-refractivity contribution in [1.82, 2.24) is 10.6 Å². The van der Waals surface area contributed by atoms with Gasteiger partial charge in [0, 0.05) is 17.1 Å². The lowest BCUT2D eigenvalue weighted by molar-refractivity contribution is -0.147. The molecule has 0 unspecified atom stereocenters. The minimum atomic E-state index is -0.702. The summed E-state index contributed by atoms with van der Waals surface area (Å²) in [6.45, 7) is -0.534. The van der Waals surface area contributed by atoms with Gasteiger partial charge in [-0.2, -0.15) is 0 Å². The number of ether oxygens (including phenoxy) is 1. The van der Waals surface area contributed by atoms with Crippen LogP contribution in [0.1, 0.15) is 15.9 Å². The first-order chi connectivity index (χ1) is 14.0. The van der Waals surface area contributed by atoms with Crippen molar-refractivity contribution >= 4 is 40.2 Å². The van der Waals surface area contributed by atoms with Crippen LogP contribution in [0.5, 0.6) is 0 Å². The van der Waals surface area contributed by atoms with Gasteiger partial charge < -0.3 is 15.4 Å². The highest BCUT2D eigenvalue weighted by atomic mass is 35.5. The molecule has 148 valence electrons. The van der Waals surface area contributed by atoms with Gasteiger partial charge in [-0.15, -0.1) is 0 Å². The molecule has 29 heavy (non-hydrogen) atoms. The molecule has 7 heteroatoms. The molecule has 3 aromatic carbocycles. The molecule has 0 saturated carbocycles. The van der Waals surface area contributed by atoms with Crippen molar-refractivity contribution in [2.75, 3.05) is 13.2 Å². The van der Waals surface area contributed by atoms with Crippen LogP contribution >= 0.6 is 11.6 Å². The second kappa shape index (κ2) is 9.71. The number of esters is 1. The van der Waals surface area contributed by atoms with E-state index in [9.17, 15) is 14.4 Å². The van der Waals surface area contributed by atoms with E-state index in [0.29, 0.717) is 10.6 Å². The zero-order chi connectivity index (χ0) is 20.6. The first-order valence-corrected chi connectivity index (χ1v) is 9.33. The van der Waals surface area contributed by atoms with E-state index in [2.05, 4.69) is 10.6 Å². The molecule has 2 N–H and O–H groups in total. The summed E-state index contributed by atoms with van der Waals surface area (Å²) in [6.07, 6.45) is 0. The molecule has 0 spiro atoms. The van der Waals surface area contributed by atoms with Gasteiger partial charge in [0.25, 0.3) is 11.8 Å². The molecule has 0 saturated heterocycles. The topological polar surface area (TPSA) is 84.5 Å². The molecule has 0 aromatic heterocycles. The highest BCUT2D eigenvalue weighted by Crippen LogP contribution is 2.15. The van der Waals surface area contributed by atoms with Gasteiger partial charge in [0.05, 0.1) is 0 Å². The lowest BCUT2D eigenvalue weighted by Crippen LogP contribution is -2.33. The minimum Gasteiger partial charge on any atom is -0.454 e. The number of benzene rings is 3. The summed E-state index contributed by atoms with van der Waals surface area (Å²) in [5, 5.41) is 7.60. The highest BCUT2D eigenvalue weighted by Gasteiger charge is 2.11. The van der Waals surface area contributed by atoms with Gasteiger partial charge in [-0.25, -0.2) is 0 Å². The summed E-state index contributed by atoms with van der Waals surface area (Å²) in [6, 6.07) is 20.0. The van der Waals surface area contributed by atoms with Gasteiger partial charge in [0.2, 0.25) is 0 Å². The van der Waals surface area contributed by atoms with E-state index in [1.807, 2.05) is 36.4 Å². The van der Waals surface area contributed by atoms with Crippen LogP contribution in [0.4, 0.5) is 0 Å². The van der Waals surface area contributed by atoms with E-state index < -0.39 is 24.4 Å². The van der Waals surface area contributed by atoms with Crippen LogP contribution < -0.4 is 10.6 Å². The van der Waals surface area contributed by atoms with Crippen molar-refractivity contribution in [1.29, 1.82) is 0 Å². The van der Waals surface area contributed by atoms with Gasteiger partial charge in [0.15, 0.2) is 6.61 Å².